The number of fused-ring (bicyclic) bond motifs is 1. The molecular weight excluding hydrogens is 376 g/mol. The van der Waals surface area contributed by atoms with Gasteiger partial charge in [0.1, 0.15) is 13.2 Å². The summed E-state index contributed by atoms with van der Waals surface area (Å²) in [6.07, 6.45) is 3.33. The standard InChI is InChI=1S/C21H20N2O4S/c1-16-4-2-6-18(12-16)23(15-17-5-3-9-22-14-17)28(24,25)19-7-8-20-21(13-19)27-11-10-26-20/h2-9,12-14H,10-11,15H2,1H3. The Morgan fingerprint density at radius 2 is 1.82 bits per heavy atom. The summed E-state index contributed by atoms with van der Waals surface area (Å²) in [6.45, 7) is 2.96. The van der Waals surface area contributed by atoms with Crippen LogP contribution in [0.5, 0.6) is 11.5 Å². The molecule has 0 atom stereocenters. The van der Waals surface area contributed by atoms with Crippen LogP contribution in [0.3, 0.4) is 0 Å². The van der Waals surface area contributed by atoms with Crippen molar-refractivity contribution in [1.29, 1.82) is 0 Å². The van der Waals surface area contributed by atoms with Crippen LogP contribution in [-0.2, 0) is 16.6 Å². The summed E-state index contributed by atoms with van der Waals surface area (Å²) in [4.78, 5) is 4.26. The van der Waals surface area contributed by atoms with E-state index in [1.807, 2.05) is 31.2 Å². The van der Waals surface area contributed by atoms with Crippen LogP contribution in [0.2, 0.25) is 0 Å². The first-order chi connectivity index (χ1) is 13.5. The van der Waals surface area contributed by atoms with E-state index >= 15 is 0 Å². The van der Waals surface area contributed by atoms with Crippen molar-refractivity contribution < 1.29 is 17.9 Å². The van der Waals surface area contributed by atoms with Crippen molar-refractivity contribution in [3.63, 3.8) is 0 Å². The minimum atomic E-state index is -3.83. The van der Waals surface area contributed by atoms with E-state index in [1.165, 1.54) is 10.4 Å². The molecule has 3 aromatic rings. The number of benzene rings is 2. The smallest absolute Gasteiger partial charge is 0.264 e. The number of sulfonamides is 1. The Kier molecular flexibility index (Phi) is 4.92. The van der Waals surface area contributed by atoms with Gasteiger partial charge in [0.15, 0.2) is 11.5 Å². The highest BCUT2D eigenvalue weighted by Gasteiger charge is 2.27. The number of aromatic nitrogens is 1. The number of aryl methyl sites for hydroxylation is 1. The fourth-order valence-corrected chi connectivity index (χ4v) is 4.53. The SMILES string of the molecule is Cc1cccc(N(Cc2cccnc2)S(=O)(=O)c2ccc3c(c2)OCCO3)c1. The number of pyridine rings is 1. The molecular formula is C21H20N2O4S. The molecule has 0 aliphatic carbocycles. The molecule has 2 heterocycles. The van der Waals surface area contributed by atoms with Crippen molar-refractivity contribution in [2.75, 3.05) is 17.5 Å². The first kappa shape index (κ1) is 18.3. The van der Waals surface area contributed by atoms with Gasteiger partial charge in [-0.2, -0.15) is 0 Å². The first-order valence-electron chi connectivity index (χ1n) is 8.92. The van der Waals surface area contributed by atoms with Gasteiger partial charge in [-0.15, -0.1) is 0 Å². The Balaban J connectivity index is 1.78. The summed E-state index contributed by atoms with van der Waals surface area (Å²) in [7, 11) is -3.83. The van der Waals surface area contributed by atoms with Gasteiger partial charge in [0.25, 0.3) is 10.0 Å². The normalized spacial score (nSPS) is 13.2. The van der Waals surface area contributed by atoms with Gasteiger partial charge >= 0.3 is 0 Å². The Labute approximate surface area is 164 Å². The van der Waals surface area contributed by atoms with E-state index in [0.717, 1.165) is 11.1 Å². The lowest BCUT2D eigenvalue weighted by Crippen LogP contribution is -2.31. The van der Waals surface area contributed by atoms with Crippen LogP contribution in [0.1, 0.15) is 11.1 Å². The lowest BCUT2D eigenvalue weighted by atomic mass is 10.2. The molecule has 0 amide bonds. The molecule has 0 bridgehead atoms. The summed E-state index contributed by atoms with van der Waals surface area (Å²) in [5.74, 6) is 0.998. The number of rotatable bonds is 5. The zero-order chi connectivity index (χ0) is 19.6. The molecule has 0 radical (unpaired) electrons. The van der Waals surface area contributed by atoms with E-state index in [4.69, 9.17) is 9.47 Å². The second-order valence-corrected chi connectivity index (χ2v) is 8.38. The van der Waals surface area contributed by atoms with E-state index in [9.17, 15) is 8.42 Å². The maximum atomic E-state index is 13.5. The lowest BCUT2D eigenvalue weighted by Gasteiger charge is -2.26. The Hall–Kier alpha value is -3.06. The average Bonchev–Trinajstić information content (AvgIpc) is 2.72. The average molecular weight is 396 g/mol. The van der Waals surface area contributed by atoms with Gasteiger partial charge in [-0.25, -0.2) is 8.42 Å². The van der Waals surface area contributed by atoms with E-state index in [2.05, 4.69) is 4.98 Å². The third kappa shape index (κ3) is 3.66. The van der Waals surface area contributed by atoms with E-state index in [-0.39, 0.29) is 11.4 Å². The van der Waals surface area contributed by atoms with Gasteiger partial charge in [-0.3, -0.25) is 9.29 Å². The highest BCUT2D eigenvalue weighted by molar-refractivity contribution is 7.92. The minimum absolute atomic E-state index is 0.155. The van der Waals surface area contributed by atoms with Crippen molar-refractivity contribution >= 4 is 15.7 Å². The molecule has 0 N–H and O–H groups in total. The quantitative estimate of drug-likeness (QED) is 0.660. The fourth-order valence-electron chi connectivity index (χ4n) is 3.07. The van der Waals surface area contributed by atoms with E-state index < -0.39 is 10.0 Å². The zero-order valence-electron chi connectivity index (χ0n) is 15.4. The molecule has 2 aromatic carbocycles. The largest absolute Gasteiger partial charge is 0.486 e. The number of hydrogen-bond acceptors (Lipinski definition) is 5. The zero-order valence-corrected chi connectivity index (χ0v) is 16.2. The highest BCUT2D eigenvalue weighted by Crippen LogP contribution is 2.34. The van der Waals surface area contributed by atoms with Gasteiger partial charge in [0, 0.05) is 18.5 Å². The van der Waals surface area contributed by atoms with Crippen molar-refractivity contribution in [3.8, 4) is 11.5 Å². The molecule has 0 unspecified atom stereocenters. The molecule has 144 valence electrons. The second-order valence-electron chi connectivity index (χ2n) is 6.52. The third-order valence-corrected chi connectivity index (χ3v) is 6.21. The summed E-state index contributed by atoms with van der Waals surface area (Å²) < 4.78 is 39.5. The van der Waals surface area contributed by atoms with Gasteiger partial charge < -0.3 is 9.47 Å². The van der Waals surface area contributed by atoms with Gasteiger partial charge in [-0.1, -0.05) is 18.2 Å². The van der Waals surface area contributed by atoms with Crippen molar-refractivity contribution in [1.82, 2.24) is 4.98 Å². The number of anilines is 1. The minimum Gasteiger partial charge on any atom is -0.486 e. The Morgan fingerprint density at radius 1 is 1.00 bits per heavy atom. The summed E-state index contributed by atoms with van der Waals surface area (Å²) in [6, 6.07) is 15.8. The predicted octanol–water partition coefficient (Wildman–Crippen LogP) is 3.56. The molecule has 28 heavy (non-hydrogen) atoms. The van der Waals surface area contributed by atoms with Crippen LogP contribution in [-0.4, -0.2) is 26.6 Å². The molecule has 4 rings (SSSR count). The van der Waals surface area contributed by atoms with Crippen molar-refractivity contribution in [3.05, 3.63) is 78.1 Å². The van der Waals surface area contributed by atoms with Crippen molar-refractivity contribution in [2.45, 2.75) is 18.4 Å². The molecule has 6 nitrogen and oxygen atoms in total. The topological polar surface area (TPSA) is 68.7 Å². The molecule has 0 fully saturated rings. The summed E-state index contributed by atoms with van der Waals surface area (Å²) in [5.41, 5.74) is 2.37. The first-order valence-corrected chi connectivity index (χ1v) is 10.4. The van der Waals surface area contributed by atoms with Crippen LogP contribution in [0.4, 0.5) is 5.69 Å². The van der Waals surface area contributed by atoms with Crippen LogP contribution in [0.25, 0.3) is 0 Å². The number of ether oxygens (including phenoxy) is 2. The summed E-state index contributed by atoms with van der Waals surface area (Å²) >= 11 is 0. The van der Waals surface area contributed by atoms with Gasteiger partial charge in [-0.05, 0) is 48.4 Å². The fraction of sp³-hybridized carbons (Fsp3) is 0.190. The monoisotopic (exact) mass is 396 g/mol. The molecule has 0 spiro atoms. The molecule has 0 saturated carbocycles. The van der Waals surface area contributed by atoms with Crippen molar-refractivity contribution in [2.24, 2.45) is 0 Å². The Morgan fingerprint density at radius 3 is 2.57 bits per heavy atom. The lowest BCUT2D eigenvalue weighted by molar-refractivity contribution is 0.171. The summed E-state index contributed by atoms with van der Waals surface area (Å²) in [5, 5.41) is 0. The molecule has 7 heteroatoms. The third-order valence-electron chi connectivity index (χ3n) is 4.44. The van der Waals surface area contributed by atoms with Crippen LogP contribution < -0.4 is 13.8 Å². The van der Waals surface area contributed by atoms with Gasteiger partial charge in [0.2, 0.25) is 0 Å². The predicted molar refractivity (Wildman–Crippen MR) is 106 cm³/mol. The Bertz CT molecular complexity index is 1080. The highest BCUT2D eigenvalue weighted by atomic mass is 32.2. The number of hydrogen-bond donors (Lipinski definition) is 0. The van der Waals surface area contributed by atoms with Crippen LogP contribution in [0, 0.1) is 6.92 Å². The van der Waals surface area contributed by atoms with E-state index in [1.54, 1.807) is 36.7 Å². The number of nitrogens with zero attached hydrogens (tertiary/aromatic N) is 2. The molecule has 1 aliphatic heterocycles. The van der Waals surface area contributed by atoms with E-state index in [0.29, 0.717) is 30.4 Å². The second kappa shape index (κ2) is 7.52. The molecule has 1 aromatic heterocycles. The van der Waals surface area contributed by atoms with Crippen LogP contribution >= 0.6 is 0 Å². The molecule has 0 saturated heterocycles. The van der Waals surface area contributed by atoms with Gasteiger partial charge in [0.05, 0.1) is 17.1 Å². The maximum Gasteiger partial charge on any atom is 0.264 e. The molecule has 1 aliphatic rings. The maximum absolute atomic E-state index is 13.5. The van der Waals surface area contributed by atoms with Crippen LogP contribution in [0.15, 0.2) is 71.9 Å².